The van der Waals surface area contributed by atoms with Crippen LogP contribution in [0.3, 0.4) is 0 Å². The number of fused-ring (bicyclic) bond motifs is 1. The molecule has 9 heteroatoms. The lowest BCUT2D eigenvalue weighted by atomic mass is 9.94. The number of aromatic nitrogens is 3. The Morgan fingerprint density at radius 2 is 1.77 bits per heavy atom. The molecule has 4 nitrogen and oxygen atoms in total. The topological polar surface area (TPSA) is 34.0 Å². The molecule has 5 rings (SSSR count). The number of rotatable bonds is 8. The van der Waals surface area contributed by atoms with Crippen molar-refractivity contribution in [3.05, 3.63) is 70.5 Å². The fraction of sp³-hybridized carbons (Fsp3) is 0.462. The minimum atomic E-state index is -4.28. The van der Waals surface area contributed by atoms with E-state index in [0.29, 0.717) is 10.9 Å². The third kappa shape index (κ3) is 5.23. The molecule has 2 fully saturated rings. The van der Waals surface area contributed by atoms with Crippen molar-refractivity contribution >= 4 is 24.0 Å². The highest BCUT2D eigenvalue weighted by Gasteiger charge is 2.60. The van der Waals surface area contributed by atoms with Crippen LogP contribution in [0.1, 0.15) is 42.6 Å². The van der Waals surface area contributed by atoms with Crippen molar-refractivity contribution in [1.29, 1.82) is 0 Å². The normalized spacial score (nSPS) is 21.6. The molecule has 0 amide bonds. The number of alkyl halides is 3. The highest BCUT2D eigenvalue weighted by Crippen LogP contribution is 2.59. The fourth-order valence-electron chi connectivity index (χ4n) is 5.45. The molecule has 1 saturated heterocycles. The first kappa shape index (κ1) is 26.0. The Kier molecular flexibility index (Phi) is 7.51. The van der Waals surface area contributed by atoms with E-state index >= 15 is 0 Å². The lowest BCUT2D eigenvalue weighted by molar-refractivity contribution is -0.137. The molecule has 1 aliphatic carbocycles. The largest absolute Gasteiger partial charge is 0.416 e. The Balaban J connectivity index is 0.00000289. The van der Waals surface area contributed by atoms with Crippen LogP contribution in [-0.2, 0) is 25.1 Å². The smallest absolute Gasteiger partial charge is 0.314 e. The van der Waals surface area contributed by atoms with Gasteiger partial charge in [-0.15, -0.1) is 22.6 Å². The molecule has 0 unspecified atom stereocenters. The van der Waals surface area contributed by atoms with Crippen molar-refractivity contribution in [2.75, 3.05) is 19.6 Å². The molecule has 0 N–H and O–H groups in total. The molecule has 0 spiro atoms. The van der Waals surface area contributed by atoms with Crippen molar-refractivity contribution in [2.45, 2.75) is 43.7 Å². The van der Waals surface area contributed by atoms with Crippen LogP contribution in [0.25, 0.3) is 11.4 Å². The van der Waals surface area contributed by atoms with Crippen LogP contribution < -0.4 is 0 Å². The first-order valence-corrected chi connectivity index (χ1v) is 12.2. The van der Waals surface area contributed by atoms with Crippen molar-refractivity contribution in [2.24, 2.45) is 13.0 Å². The molecule has 2 aromatic carbocycles. The van der Waals surface area contributed by atoms with Crippen molar-refractivity contribution in [3.8, 4) is 11.4 Å². The van der Waals surface area contributed by atoms with Gasteiger partial charge in [0, 0.05) is 37.5 Å². The van der Waals surface area contributed by atoms with Gasteiger partial charge in [-0.1, -0.05) is 42.3 Å². The number of hydrogen-bond donors (Lipinski definition) is 0. The zero-order valence-corrected chi connectivity index (χ0v) is 21.1. The van der Waals surface area contributed by atoms with Crippen molar-refractivity contribution < 1.29 is 13.2 Å². The fourth-order valence-corrected chi connectivity index (χ4v) is 5.67. The minimum absolute atomic E-state index is 0. The third-order valence-electron chi connectivity index (χ3n) is 7.46. The number of aryl methyl sites for hydroxylation is 1. The Morgan fingerprint density at radius 3 is 2.49 bits per heavy atom. The van der Waals surface area contributed by atoms with Crippen LogP contribution in [-0.4, -0.2) is 39.3 Å². The van der Waals surface area contributed by atoms with Crippen LogP contribution in [0.15, 0.2) is 48.5 Å². The maximum absolute atomic E-state index is 12.9. The summed E-state index contributed by atoms with van der Waals surface area (Å²) >= 11 is 6.30. The maximum atomic E-state index is 12.9. The van der Waals surface area contributed by atoms with Gasteiger partial charge < -0.3 is 9.47 Å². The Morgan fingerprint density at radius 1 is 1.03 bits per heavy atom. The minimum Gasteiger partial charge on any atom is -0.314 e. The zero-order valence-electron chi connectivity index (χ0n) is 19.6. The molecule has 35 heavy (non-hydrogen) atoms. The Labute approximate surface area is 214 Å². The highest BCUT2D eigenvalue weighted by atomic mass is 35.5. The van der Waals surface area contributed by atoms with Gasteiger partial charge in [0.25, 0.3) is 0 Å². The van der Waals surface area contributed by atoms with Crippen LogP contribution >= 0.6 is 24.0 Å². The number of piperidine rings is 1. The molecule has 0 bridgehead atoms. The molecule has 2 heterocycles. The summed E-state index contributed by atoms with van der Waals surface area (Å²) in [5.74, 6) is 2.31. The third-order valence-corrected chi connectivity index (χ3v) is 7.79. The second-order valence-corrected chi connectivity index (χ2v) is 10.1. The highest BCUT2D eigenvalue weighted by molar-refractivity contribution is 6.33. The van der Waals surface area contributed by atoms with E-state index in [-0.39, 0.29) is 17.8 Å². The van der Waals surface area contributed by atoms with Gasteiger partial charge >= 0.3 is 6.18 Å². The van der Waals surface area contributed by atoms with E-state index < -0.39 is 11.7 Å². The SMILES string of the molecule is Cl.Cn1c(CCCCCN2C[C@@H]3C[C@]3(c3ccc(C(F)(F)F)cc3)C2)nnc1-c1ccccc1Cl. The average Bonchev–Trinajstić information content (AvgIpc) is 3.19. The monoisotopic (exact) mass is 524 g/mol. The lowest BCUT2D eigenvalue weighted by Gasteiger charge is -2.21. The van der Waals surface area contributed by atoms with Crippen molar-refractivity contribution in [3.63, 3.8) is 0 Å². The predicted molar refractivity (Wildman–Crippen MR) is 134 cm³/mol. The molecule has 188 valence electrons. The summed E-state index contributed by atoms with van der Waals surface area (Å²) in [6.07, 6.45) is 0.923. The molecule has 1 aromatic heterocycles. The summed E-state index contributed by atoms with van der Waals surface area (Å²) < 4.78 is 40.6. The second-order valence-electron chi connectivity index (χ2n) is 9.66. The van der Waals surface area contributed by atoms with Gasteiger partial charge in [-0.05, 0) is 61.6 Å². The molecule has 2 aliphatic rings. The van der Waals surface area contributed by atoms with Crippen LogP contribution in [0.4, 0.5) is 13.2 Å². The van der Waals surface area contributed by atoms with E-state index in [9.17, 15) is 13.2 Å². The first-order valence-electron chi connectivity index (χ1n) is 11.8. The first-order chi connectivity index (χ1) is 16.3. The summed E-state index contributed by atoms with van der Waals surface area (Å²) in [7, 11) is 1.98. The molecular formula is C26H29Cl2F3N4. The van der Waals surface area contributed by atoms with Gasteiger partial charge in [0.2, 0.25) is 0 Å². The van der Waals surface area contributed by atoms with Gasteiger partial charge in [0.05, 0.1) is 10.6 Å². The van der Waals surface area contributed by atoms with Crippen LogP contribution in [0, 0.1) is 5.92 Å². The molecule has 1 aliphatic heterocycles. The summed E-state index contributed by atoms with van der Waals surface area (Å²) in [5.41, 5.74) is 1.45. The average molecular weight is 525 g/mol. The quantitative estimate of drug-likeness (QED) is 0.313. The van der Waals surface area contributed by atoms with Crippen LogP contribution in [0.2, 0.25) is 5.02 Å². The van der Waals surface area contributed by atoms with E-state index in [2.05, 4.69) is 15.1 Å². The van der Waals surface area contributed by atoms with E-state index in [1.54, 1.807) is 12.1 Å². The number of unbranched alkanes of at least 4 members (excludes halogenated alkanes) is 2. The molecule has 1 saturated carbocycles. The van der Waals surface area contributed by atoms with Gasteiger partial charge in [-0.3, -0.25) is 0 Å². The van der Waals surface area contributed by atoms with E-state index in [0.717, 1.165) is 74.5 Å². The predicted octanol–water partition coefficient (Wildman–Crippen LogP) is 6.56. The van der Waals surface area contributed by atoms with Gasteiger partial charge in [0.15, 0.2) is 5.82 Å². The lowest BCUT2D eigenvalue weighted by Crippen LogP contribution is -2.27. The number of halogens is 5. The Bertz CT molecular complexity index is 1160. The van der Waals surface area contributed by atoms with Crippen LogP contribution in [0.5, 0.6) is 0 Å². The van der Waals surface area contributed by atoms with E-state index in [4.69, 9.17) is 11.6 Å². The van der Waals surface area contributed by atoms with Gasteiger partial charge in [0.1, 0.15) is 5.82 Å². The summed E-state index contributed by atoms with van der Waals surface area (Å²) in [4.78, 5) is 2.48. The number of benzene rings is 2. The van der Waals surface area contributed by atoms with Gasteiger partial charge in [-0.2, -0.15) is 13.2 Å². The number of likely N-dealkylation sites (tertiary alicyclic amines) is 1. The summed E-state index contributed by atoms with van der Waals surface area (Å²) in [6, 6.07) is 13.5. The Hall–Kier alpha value is -2.09. The molecular weight excluding hydrogens is 496 g/mol. The zero-order chi connectivity index (χ0) is 23.9. The van der Waals surface area contributed by atoms with Gasteiger partial charge in [-0.25, -0.2) is 0 Å². The number of hydrogen-bond acceptors (Lipinski definition) is 3. The molecule has 3 aromatic rings. The molecule has 0 radical (unpaired) electrons. The molecule has 2 atom stereocenters. The standard InChI is InChI=1S/C26H28ClF3N4.ClH/c1-33-23(31-32-24(33)21-7-4-5-8-22(21)27)9-3-2-6-14-34-16-20-15-25(20,17-34)18-10-12-19(13-11-18)26(28,29)30;/h4-5,7-8,10-13,20H,2-3,6,9,14-17H2,1H3;1H/t20-,25+;/m0./s1. The second kappa shape index (κ2) is 10.1. The van der Waals surface area contributed by atoms with E-state index in [1.165, 1.54) is 12.1 Å². The van der Waals surface area contributed by atoms with E-state index in [1.807, 2.05) is 35.9 Å². The van der Waals surface area contributed by atoms with Crippen molar-refractivity contribution in [1.82, 2.24) is 19.7 Å². The summed E-state index contributed by atoms with van der Waals surface area (Å²) in [6.45, 7) is 3.03. The maximum Gasteiger partial charge on any atom is 0.416 e. The summed E-state index contributed by atoms with van der Waals surface area (Å²) in [5, 5.41) is 9.37. The number of nitrogens with zero attached hydrogens (tertiary/aromatic N) is 4.